The summed E-state index contributed by atoms with van der Waals surface area (Å²) in [5.74, 6) is -3.92. The Bertz CT molecular complexity index is 1240. The van der Waals surface area contributed by atoms with Crippen LogP contribution >= 0.6 is 0 Å². The van der Waals surface area contributed by atoms with Crippen molar-refractivity contribution in [1.82, 2.24) is 14.1 Å². The minimum Gasteiger partial charge on any atom is -0.338 e. The van der Waals surface area contributed by atoms with Crippen LogP contribution in [0.3, 0.4) is 0 Å². The number of halogens is 3. The first-order valence-corrected chi connectivity index (χ1v) is 11.7. The quantitative estimate of drug-likeness (QED) is 0.572. The van der Waals surface area contributed by atoms with E-state index in [-0.39, 0.29) is 22.4 Å². The molecule has 2 heterocycles. The molecule has 1 aromatic heterocycles. The van der Waals surface area contributed by atoms with Gasteiger partial charge in [0.2, 0.25) is 10.0 Å². The van der Waals surface area contributed by atoms with Crippen molar-refractivity contribution in [1.29, 1.82) is 0 Å². The fourth-order valence-electron chi connectivity index (χ4n) is 3.99. The van der Waals surface area contributed by atoms with Gasteiger partial charge in [-0.25, -0.2) is 21.6 Å². The summed E-state index contributed by atoms with van der Waals surface area (Å²) in [7, 11) is -3.66. The van der Waals surface area contributed by atoms with Gasteiger partial charge in [0.05, 0.1) is 16.5 Å². The molecule has 0 unspecified atom stereocenters. The van der Waals surface area contributed by atoms with Crippen molar-refractivity contribution in [3.8, 4) is 0 Å². The number of hydrogen-bond donors (Lipinski definition) is 1. The van der Waals surface area contributed by atoms with Crippen LogP contribution < -0.4 is 5.32 Å². The van der Waals surface area contributed by atoms with E-state index in [0.29, 0.717) is 18.5 Å². The number of aromatic nitrogens is 2. The second-order valence-corrected chi connectivity index (χ2v) is 9.98. The predicted octanol–water partition coefficient (Wildman–Crippen LogP) is 4.71. The Labute approximate surface area is 177 Å². The van der Waals surface area contributed by atoms with Gasteiger partial charge in [-0.05, 0) is 43.9 Å². The Kier molecular flexibility index (Phi) is 4.93. The number of benzene rings is 2. The highest BCUT2D eigenvalue weighted by atomic mass is 32.2. The van der Waals surface area contributed by atoms with Gasteiger partial charge in [0.25, 0.3) is 0 Å². The Morgan fingerprint density at radius 3 is 2.29 bits per heavy atom. The second kappa shape index (κ2) is 7.52. The molecule has 5 rings (SSSR count). The standard InChI is InChI=1S/C21H21F3N4O2S/c22-17-10-13(11-18(23)20(17)24)25-21-16-12-15(31(29,30)27-8-2-1-3-9-27)6-7-19(16)28(26-21)14-4-5-14/h6-7,10-12,14H,1-5,8-9H2,(H,25,26). The molecule has 2 aliphatic rings. The van der Waals surface area contributed by atoms with E-state index in [1.54, 1.807) is 22.9 Å². The average molecular weight is 450 g/mol. The molecule has 3 aromatic rings. The third kappa shape index (κ3) is 3.67. The van der Waals surface area contributed by atoms with Crippen LogP contribution in [0, 0.1) is 17.5 Å². The summed E-state index contributed by atoms with van der Waals surface area (Å²) < 4.78 is 70.2. The molecule has 1 saturated heterocycles. The molecule has 1 aliphatic carbocycles. The highest BCUT2D eigenvalue weighted by molar-refractivity contribution is 7.89. The summed E-state index contributed by atoms with van der Waals surface area (Å²) in [4.78, 5) is 0.150. The summed E-state index contributed by atoms with van der Waals surface area (Å²) in [6, 6.07) is 6.72. The number of nitrogens with one attached hydrogen (secondary N) is 1. The van der Waals surface area contributed by atoms with E-state index < -0.39 is 27.5 Å². The fourth-order valence-corrected chi connectivity index (χ4v) is 5.53. The van der Waals surface area contributed by atoms with Crippen molar-refractivity contribution in [3.05, 3.63) is 47.8 Å². The van der Waals surface area contributed by atoms with Gasteiger partial charge in [-0.2, -0.15) is 9.40 Å². The molecule has 0 bridgehead atoms. The van der Waals surface area contributed by atoms with Crippen LogP contribution in [0.4, 0.5) is 24.7 Å². The van der Waals surface area contributed by atoms with Gasteiger partial charge in [-0.3, -0.25) is 4.68 Å². The van der Waals surface area contributed by atoms with E-state index in [0.717, 1.165) is 49.8 Å². The molecular weight excluding hydrogens is 429 g/mol. The van der Waals surface area contributed by atoms with E-state index in [4.69, 9.17) is 0 Å². The minimum atomic E-state index is -3.66. The van der Waals surface area contributed by atoms with Crippen molar-refractivity contribution in [3.63, 3.8) is 0 Å². The first kappa shape index (κ1) is 20.3. The number of piperidine rings is 1. The van der Waals surface area contributed by atoms with E-state index >= 15 is 0 Å². The number of hydrogen-bond acceptors (Lipinski definition) is 4. The second-order valence-electron chi connectivity index (χ2n) is 8.05. The van der Waals surface area contributed by atoms with Crippen molar-refractivity contribution in [2.24, 2.45) is 0 Å². The van der Waals surface area contributed by atoms with Gasteiger partial charge in [0, 0.05) is 36.3 Å². The molecule has 0 radical (unpaired) electrons. The minimum absolute atomic E-state index is 0.0111. The van der Waals surface area contributed by atoms with Gasteiger partial charge in [0.1, 0.15) is 0 Å². The van der Waals surface area contributed by atoms with Crippen LogP contribution in [-0.4, -0.2) is 35.6 Å². The van der Waals surface area contributed by atoms with Gasteiger partial charge < -0.3 is 5.32 Å². The first-order chi connectivity index (χ1) is 14.8. The smallest absolute Gasteiger partial charge is 0.243 e. The first-order valence-electron chi connectivity index (χ1n) is 10.3. The summed E-state index contributed by atoms with van der Waals surface area (Å²) in [5.41, 5.74) is 0.716. The highest BCUT2D eigenvalue weighted by Gasteiger charge is 2.30. The normalized spacial score (nSPS) is 17.9. The molecule has 0 spiro atoms. The zero-order valence-corrected chi connectivity index (χ0v) is 17.4. The lowest BCUT2D eigenvalue weighted by Crippen LogP contribution is -2.35. The molecule has 0 amide bonds. The van der Waals surface area contributed by atoms with Crippen LogP contribution in [0.1, 0.15) is 38.1 Å². The third-order valence-corrected chi connectivity index (χ3v) is 7.66. The number of nitrogens with zero attached hydrogens (tertiary/aromatic N) is 3. The summed E-state index contributed by atoms with van der Waals surface area (Å²) >= 11 is 0. The SMILES string of the molecule is O=S(=O)(c1ccc2c(c1)c(Nc1cc(F)c(F)c(F)c1)nn2C1CC1)N1CCCCC1. The number of fused-ring (bicyclic) bond motifs is 1. The van der Waals surface area contributed by atoms with E-state index in [2.05, 4.69) is 10.4 Å². The highest BCUT2D eigenvalue weighted by Crippen LogP contribution is 2.40. The van der Waals surface area contributed by atoms with Gasteiger partial charge in [-0.1, -0.05) is 6.42 Å². The lowest BCUT2D eigenvalue weighted by molar-refractivity contribution is 0.346. The topological polar surface area (TPSA) is 67.2 Å². The van der Waals surface area contributed by atoms with E-state index in [1.807, 2.05) is 0 Å². The Balaban J connectivity index is 1.58. The molecule has 0 atom stereocenters. The fraction of sp³-hybridized carbons (Fsp3) is 0.381. The molecule has 6 nitrogen and oxygen atoms in total. The Morgan fingerprint density at radius 1 is 0.968 bits per heavy atom. The summed E-state index contributed by atoms with van der Waals surface area (Å²) in [5, 5.41) is 7.88. The van der Waals surface area contributed by atoms with Crippen LogP contribution in [-0.2, 0) is 10.0 Å². The molecule has 10 heteroatoms. The molecule has 164 valence electrons. The van der Waals surface area contributed by atoms with E-state index in [1.165, 1.54) is 4.31 Å². The largest absolute Gasteiger partial charge is 0.338 e. The molecular formula is C21H21F3N4O2S. The van der Waals surface area contributed by atoms with E-state index in [9.17, 15) is 21.6 Å². The monoisotopic (exact) mass is 450 g/mol. The van der Waals surface area contributed by atoms with Crippen molar-refractivity contribution >= 4 is 32.4 Å². The molecule has 2 fully saturated rings. The number of anilines is 2. The summed E-state index contributed by atoms with van der Waals surface area (Å²) in [6.45, 7) is 0.974. The third-order valence-electron chi connectivity index (χ3n) is 5.77. The number of sulfonamides is 1. The van der Waals surface area contributed by atoms with Crippen molar-refractivity contribution in [2.45, 2.75) is 43.0 Å². The molecule has 2 aromatic carbocycles. The van der Waals surface area contributed by atoms with Crippen molar-refractivity contribution in [2.75, 3.05) is 18.4 Å². The van der Waals surface area contributed by atoms with Gasteiger partial charge in [-0.15, -0.1) is 0 Å². The lowest BCUT2D eigenvalue weighted by atomic mass is 10.2. The Hall–Kier alpha value is -2.59. The molecule has 1 saturated carbocycles. The maximum atomic E-state index is 13.7. The predicted molar refractivity (Wildman–Crippen MR) is 110 cm³/mol. The van der Waals surface area contributed by atoms with Crippen LogP contribution in [0.5, 0.6) is 0 Å². The average Bonchev–Trinajstić information content (AvgIpc) is 3.55. The molecule has 31 heavy (non-hydrogen) atoms. The van der Waals surface area contributed by atoms with Gasteiger partial charge >= 0.3 is 0 Å². The summed E-state index contributed by atoms with van der Waals surface area (Å²) in [6.07, 6.45) is 4.57. The molecule has 1 aliphatic heterocycles. The zero-order chi connectivity index (χ0) is 21.8. The van der Waals surface area contributed by atoms with Crippen LogP contribution in [0.25, 0.3) is 10.9 Å². The van der Waals surface area contributed by atoms with Gasteiger partial charge in [0.15, 0.2) is 23.3 Å². The zero-order valence-electron chi connectivity index (χ0n) is 16.6. The maximum Gasteiger partial charge on any atom is 0.243 e. The van der Waals surface area contributed by atoms with Crippen LogP contribution in [0.2, 0.25) is 0 Å². The molecule has 1 N–H and O–H groups in total. The Morgan fingerprint density at radius 2 is 1.65 bits per heavy atom. The number of rotatable bonds is 5. The van der Waals surface area contributed by atoms with Crippen molar-refractivity contribution < 1.29 is 21.6 Å². The maximum absolute atomic E-state index is 13.7. The van der Waals surface area contributed by atoms with Crippen LogP contribution in [0.15, 0.2) is 35.2 Å². The lowest BCUT2D eigenvalue weighted by Gasteiger charge is -2.25.